The Morgan fingerprint density at radius 1 is 1.02 bits per heavy atom. The molecule has 8 heteroatoms. The maximum absolute atomic E-state index is 13.1. The first-order valence-corrected chi connectivity index (χ1v) is 14.9. The fourth-order valence-electron chi connectivity index (χ4n) is 5.40. The maximum Gasteiger partial charge on any atom is 0.184 e. The van der Waals surface area contributed by atoms with Crippen molar-refractivity contribution in [3.63, 3.8) is 0 Å². The monoisotopic (exact) mass is 554 g/mol. The predicted octanol–water partition coefficient (Wildman–Crippen LogP) is 5.24. The number of sulfone groups is 1. The lowest BCUT2D eigenvalue weighted by Gasteiger charge is -2.13. The van der Waals surface area contributed by atoms with Crippen molar-refractivity contribution in [2.75, 3.05) is 13.1 Å². The molecule has 2 aromatic carbocycles. The molecule has 1 aliphatic heterocycles. The van der Waals surface area contributed by atoms with Crippen LogP contribution in [0.5, 0.6) is 0 Å². The van der Waals surface area contributed by atoms with Crippen LogP contribution in [0.25, 0.3) is 16.3 Å². The second kappa shape index (κ2) is 11.4. The summed E-state index contributed by atoms with van der Waals surface area (Å²) in [6.07, 6.45) is 11.0. The molecular formula is C32H34N4O3S. The van der Waals surface area contributed by atoms with Gasteiger partial charge in [0, 0.05) is 42.9 Å². The number of benzene rings is 2. The number of carbonyl (C=O) groups is 1. The van der Waals surface area contributed by atoms with Crippen LogP contribution in [0.1, 0.15) is 54.3 Å². The van der Waals surface area contributed by atoms with Gasteiger partial charge < -0.3 is 5.32 Å². The number of nitrogens with zero attached hydrogens (tertiary/aromatic N) is 3. The van der Waals surface area contributed by atoms with Crippen molar-refractivity contribution >= 4 is 32.0 Å². The highest BCUT2D eigenvalue weighted by molar-refractivity contribution is 7.90. The van der Waals surface area contributed by atoms with Crippen LogP contribution in [0.2, 0.25) is 0 Å². The van der Waals surface area contributed by atoms with Crippen molar-refractivity contribution in [1.29, 1.82) is 0 Å². The molecule has 1 aliphatic carbocycles. The molecule has 1 N–H and O–H groups in total. The van der Waals surface area contributed by atoms with Crippen molar-refractivity contribution in [3.05, 3.63) is 101 Å². The van der Waals surface area contributed by atoms with Crippen LogP contribution < -0.4 is 5.32 Å². The number of Topliss-reactive ketones (excluding diaryl/α,β-unsaturated/α-hetero) is 1. The quantitative estimate of drug-likeness (QED) is 0.318. The fraction of sp³-hybridized carbons (Fsp3) is 0.312. The largest absolute Gasteiger partial charge is 0.313 e. The number of aromatic nitrogens is 3. The fourth-order valence-corrected chi connectivity index (χ4v) is 6.65. The maximum atomic E-state index is 13.1. The molecule has 0 amide bonds. The van der Waals surface area contributed by atoms with E-state index in [0.717, 1.165) is 64.7 Å². The summed E-state index contributed by atoms with van der Waals surface area (Å²) in [5.41, 5.74) is 5.38. The lowest BCUT2D eigenvalue weighted by Crippen LogP contribution is -2.20. The molecule has 1 saturated carbocycles. The van der Waals surface area contributed by atoms with Crippen molar-refractivity contribution in [2.45, 2.75) is 50.2 Å². The Balaban J connectivity index is 0.00000323. The number of ketones is 1. The Hall–Kier alpha value is -3.75. The Kier molecular flexibility index (Phi) is 7.92. The zero-order valence-electron chi connectivity index (χ0n) is 21.8. The average Bonchev–Trinajstić information content (AvgIpc) is 3.76. The summed E-state index contributed by atoms with van der Waals surface area (Å²) in [4.78, 5) is 26.3. The molecule has 0 saturated heterocycles. The Labute approximate surface area is 235 Å². The van der Waals surface area contributed by atoms with Crippen molar-refractivity contribution in [1.82, 2.24) is 20.3 Å². The van der Waals surface area contributed by atoms with E-state index in [0.29, 0.717) is 12.1 Å². The summed E-state index contributed by atoms with van der Waals surface area (Å²) in [5, 5.41) is 5.46. The van der Waals surface area contributed by atoms with Gasteiger partial charge in [-0.05, 0) is 72.0 Å². The number of pyridine rings is 1. The summed E-state index contributed by atoms with van der Waals surface area (Å²) < 4.78 is 26.3. The second-order valence-electron chi connectivity index (χ2n) is 10.5. The van der Waals surface area contributed by atoms with Crippen LogP contribution in [0.4, 0.5) is 0 Å². The van der Waals surface area contributed by atoms with Gasteiger partial charge in [0.05, 0.1) is 28.2 Å². The summed E-state index contributed by atoms with van der Waals surface area (Å²) in [6.45, 7) is 3.68. The van der Waals surface area contributed by atoms with Gasteiger partial charge in [0.2, 0.25) is 0 Å². The molecule has 2 aliphatic rings. The van der Waals surface area contributed by atoms with Gasteiger partial charge in [-0.2, -0.15) is 0 Å². The van der Waals surface area contributed by atoms with Crippen LogP contribution in [0, 0.1) is 12.8 Å². The molecular weight excluding hydrogens is 520 g/mol. The van der Waals surface area contributed by atoms with Crippen molar-refractivity contribution < 1.29 is 13.2 Å². The van der Waals surface area contributed by atoms with Crippen LogP contribution in [-0.2, 0) is 26.8 Å². The van der Waals surface area contributed by atoms with Crippen molar-refractivity contribution in [2.24, 2.45) is 5.92 Å². The molecule has 0 spiro atoms. The van der Waals surface area contributed by atoms with Crippen LogP contribution in [0.3, 0.4) is 0 Å². The summed E-state index contributed by atoms with van der Waals surface area (Å²) in [6, 6.07) is 13.1. The molecule has 206 valence electrons. The first-order chi connectivity index (χ1) is 18.9. The lowest BCUT2D eigenvalue weighted by atomic mass is 9.99. The summed E-state index contributed by atoms with van der Waals surface area (Å²) in [5.74, 6) is 0.139. The highest BCUT2D eigenvalue weighted by atomic mass is 32.2. The average molecular weight is 555 g/mol. The number of carbonyl (C=O) groups excluding carboxylic acids is 1. The molecule has 0 bridgehead atoms. The normalized spacial score (nSPS) is 18.6. The molecule has 40 heavy (non-hydrogen) atoms. The van der Waals surface area contributed by atoms with Gasteiger partial charge in [0.15, 0.2) is 9.84 Å². The van der Waals surface area contributed by atoms with Crippen LogP contribution >= 0.6 is 0 Å². The zero-order chi connectivity index (χ0) is 27.0. The van der Waals surface area contributed by atoms with E-state index in [1.165, 1.54) is 6.20 Å². The van der Waals surface area contributed by atoms with E-state index in [-0.39, 0.29) is 35.7 Å². The third-order valence-corrected chi connectivity index (χ3v) is 9.36. The second-order valence-corrected chi connectivity index (χ2v) is 12.5. The minimum atomic E-state index is -3.58. The lowest BCUT2D eigenvalue weighted by molar-refractivity contribution is -0.119. The Morgan fingerprint density at radius 3 is 2.60 bits per heavy atom. The van der Waals surface area contributed by atoms with Gasteiger partial charge in [-0.15, -0.1) is 0 Å². The van der Waals surface area contributed by atoms with E-state index in [4.69, 9.17) is 0 Å². The first-order valence-electron chi connectivity index (χ1n) is 13.3. The topological polar surface area (TPSA) is 102 Å². The summed E-state index contributed by atoms with van der Waals surface area (Å²) >= 11 is 0. The number of hydrogen-bond donors (Lipinski definition) is 1. The van der Waals surface area contributed by atoms with E-state index in [9.17, 15) is 13.2 Å². The molecule has 0 radical (unpaired) electrons. The van der Waals surface area contributed by atoms with Gasteiger partial charge in [0.1, 0.15) is 5.78 Å². The van der Waals surface area contributed by atoms with E-state index in [1.54, 1.807) is 18.3 Å². The molecule has 1 fully saturated rings. The van der Waals surface area contributed by atoms with Gasteiger partial charge in [-0.25, -0.2) is 13.4 Å². The Morgan fingerprint density at radius 2 is 1.82 bits per heavy atom. The first kappa shape index (κ1) is 27.8. The smallest absolute Gasteiger partial charge is 0.184 e. The third-order valence-electron chi connectivity index (χ3n) is 7.69. The SMILES string of the molecule is C.Cc1cncc2ccc(CC(=O)[C@@H]3C[C@H]3c3ccc(S(=O)(=O)Cc4cncc(C5=CCNCC5)n4)cc3)cc12. The highest BCUT2D eigenvalue weighted by Crippen LogP contribution is 2.48. The molecule has 2 atom stereocenters. The number of rotatable bonds is 8. The van der Waals surface area contributed by atoms with Gasteiger partial charge in [-0.1, -0.05) is 43.8 Å². The van der Waals surface area contributed by atoms with E-state index in [1.807, 2.05) is 43.6 Å². The molecule has 2 aromatic heterocycles. The van der Waals surface area contributed by atoms with Gasteiger partial charge in [0.25, 0.3) is 0 Å². The summed E-state index contributed by atoms with van der Waals surface area (Å²) in [7, 11) is -3.58. The predicted molar refractivity (Wildman–Crippen MR) is 158 cm³/mol. The van der Waals surface area contributed by atoms with E-state index >= 15 is 0 Å². The molecule has 3 heterocycles. The zero-order valence-corrected chi connectivity index (χ0v) is 22.6. The molecule has 4 aromatic rings. The van der Waals surface area contributed by atoms with E-state index in [2.05, 4.69) is 32.4 Å². The number of aryl methyl sites for hydroxylation is 1. The van der Waals surface area contributed by atoms with Crippen LogP contribution in [0.15, 0.2) is 78.2 Å². The molecule has 6 rings (SSSR count). The Bertz CT molecular complexity index is 1700. The molecule has 0 unspecified atom stereocenters. The van der Waals surface area contributed by atoms with Gasteiger partial charge >= 0.3 is 0 Å². The number of hydrogen-bond acceptors (Lipinski definition) is 7. The standard InChI is InChI=1S/C31H30N4O3S.CH4/c1-20-15-33-16-24-3-2-21(12-27(20)24)13-31(36)29-14-28(29)22-4-6-26(7-5-22)39(37,38)19-25-17-34-18-30(35-25)23-8-10-32-11-9-23;/h2-8,12,15-18,28-29,32H,9-11,13-14,19H2,1H3;1H4/t28-,29+;/m0./s1. The third kappa shape index (κ3) is 5.88. The van der Waals surface area contributed by atoms with E-state index < -0.39 is 9.84 Å². The van der Waals surface area contributed by atoms with Crippen molar-refractivity contribution in [3.8, 4) is 0 Å². The minimum absolute atomic E-state index is 0. The highest BCUT2D eigenvalue weighted by Gasteiger charge is 2.43. The molecule has 7 nitrogen and oxygen atoms in total. The number of fused-ring (bicyclic) bond motifs is 1. The van der Waals surface area contributed by atoms with Gasteiger partial charge in [-0.3, -0.25) is 14.8 Å². The minimum Gasteiger partial charge on any atom is -0.313 e. The number of nitrogens with one attached hydrogen (secondary N) is 1. The van der Waals surface area contributed by atoms with Crippen LogP contribution in [-0.4, -0.2) is 42.2 Å².